The van der Waals surface area contributed by atoms with Crippen LogP contribution in [0.1, 0.15) is 17.0 Å². The van der Waals surface area contributed by atoms with Gasteiger partial charge in [0.25, 0.3) is 0 Å². The summed E-state index contributed by atoms with van der Waals surface area (Å²) in [5, 5.41) is 3.00. The predicted octanol–water partition coefficient (Wildman–Crippen LogP) is 1.59. The summed E-state index contributed by atoms with van der Waals surface area (Å²) in [6, 6.07) is 9.96. The highest BCUT2D eigenvalue weighted by molar-refractivity contribution is 5.77. The van der Waals surface area contributed by atoms with Crippen molar-refractivity contribution in [2.24, 2.45) is 10.7 Å². The fourth-order valence-corrected chi connectivity index (χ4v) is 1.49. The highest BCUT2D eigenvalue weighted by Gasteiger charge is 2.02. The summed E-state index contributed by atoms with van der Waals surface area (Å²) in [5.74, 6) is 1.19. The van der Waals surface area contributed by atoms with Gasteiger partial charge >= 0.3 is 0 Å². The van der Waals surface area contributed by atoms with E-state index in [2.05, 4.69) is 15.3 Å². The molecule has 5 heteroatoms. The van der Waals surface area contributed by atoms with Crippen LogP contribution in [-0.2, 0) is 13.1 Å². The number of hydrogen-bond acceptors (Lipinski definition) is 3. The molecule has 0 fully saturated rings. The molecule has 0 aliphatic carbocycles. The van der Waals surface area contributed by atoms with Crippen molar-refractivity contribution in [2.75, 3.05) is 0 Å². The van der Waals surface area contributed by atoms with E-state index < -0.39 is 0 Å². The van der Waals surface area contributed by atoms with E-state index in [-0.39, 0.29) is 0 Å². The number of aryl methyl sites for hydroxylation is 1. The average Bonchev–Trinajstić information content (AvgIpc) is 2.81. The molecule has 0 aliphatic heterocycles. The Balaban J connectivity index is 1.85. The minimum Gasteiger partial charge on any atom is -0.448 e. The van der Waals surface area contributed by atoms with Gasteiger partial charge < -0.3 is 15.5 Å². The molecule has 0 radical (unpaired) electrons. The summed E-state index contributed by atoms with van der Waals surface area (Å²) in [6.07, 6.45) is 1.42. The summed E-state index contributed by atoms with van der Waals surface area (Å²) in [5.41, 5.74) is 7.73. The summed E-state index contributed by atoms with van der Waals surface area (Å²) in [6.45, 7) is 2.95. The molecule has 0 saturated carbocycles. The first-order valence-electron chi connectivity index (χ1n) is 5.72. The van der Waals surface area contributed by atoms with Crippen LogP contribution in [0.15, 0.2) is 46.1 Å². The van der Waals surface area contributed by atoms with Crippen molar-refractivity contribution >= 4 is 5.96 Å². The minimum atomic E-state index is 0.404. The van der Waals surface area contributed by atoms with Gasteiger partial charge in [0.15, 0.2) is 12.4 Å². The molecule has 1 heterocycles. The molecule has 0 amide bonds. The van der Waals surface area contributed by atoms with Crippen LogP contribution in [-0.4, -0.2) is 10.9 Å². The van der Waals surface area contributed by atoms with Crippen LogP contribution in [0, 0.1) is 6.92 Å². The molecule has 2 rings (SSSR count). The Kier molecular flexibility index (Phi) is 3.96. The molecule has 1 aromatic heterocycles. The number of guanidine groups is 1. The number of aromatic nitrogens is 1. The first kappa shape index (κ1) is 12.2. The van der Waals surface area contributed by atoms with Crippen LogP contribution >= 0.6 is 0 Å². The van der Waals surface area contributed by atoms with E-state index in [1.54, 1.807) is 0 Å². The van der Waals surface area contributed by atoms with Crippen molar-refractivity contribution in [3.8, 4) is 0 Å². The van der Waals surface area contributed by atoms with Crippen molar-refractivity contribution in [1.82, 2.24) is 10.3 Å². The molecule has 94 valence electrons. The third-order valence-corrected chi connectivity index (χ3v) is 2.56. The molecular formula is C13H16N4O. The van der Waals surface area contributed by atoms with Gasteiger partial charge in [-0.3, -0.25) is 0 Å². The third-order valence-electron chi connectivity index (χ3n) is 2.56. The van der Waals surface area contributed by atoms with Gasteiger partial charge in [0.1, 0.15) is 11.5 Å². The summed E-state index contributed by atoms with van der Waals surface area (Å²) >= 11 is 0. The zero-order chi connectivity index (χ0) is 12.8. The molecule has 1 aromatic carbocycles. The van der Waals surface area contributed by atoms with E-state index in [0.717, 1.165) is 17.0 Å². The number of hydrogen-bond donors (Lipinski definition) is 2. The lowest BCUT2D eigenvalue weighted by Crippen LogP contribution is -2.31. The van der Waals surface area contributed by atoms with Crippen molar-refractivity contribution in [3.05, 3.63) is 53.7 Å². The van der Waals surface area contributed by atoms with Gasteiger partial charge in [0.05, 0.1) is 13.1 Å². The second-order valence-corrected chi connectivity index (χ2v) is 3.90. The fraction of sp³-hybridized carbons (Fsp3) is 0.231. The van der Waals surface area contributed by atoms with E-state index in [1.807, 2.05) is 37.3 Å². The Morgan fingerprint density at radius 3 is 2.83 bits per heavy atom. The maximum atomic E-state index is 5.77. The number of aliphatic imine (C=N–C) groups is 1. The first-order chi connectivity index (χ1) is 8.75. The number of rotatable bonds is 4. The molecule has 3 N–H and O–H groups in total. The Hall–Kier alpha value is -2.30. The lowest BCUT2D eigenvalue weighted by molar-refractivity contribution is 0.524. The maximum Gasteiger partial charge on any atom is 0.189 e. The smallest absolute Gasteiger partial charge is 0.189 e. The topological polar surface area (TPSA) is 76.4 Å². The van der Waals surface area contributed by atoms with Gasteiger partial charge in [-0.2, -0.15) is 0 Å². The monoisotopic (exact) mass is 244 g/mol. The van der Waals surface area contributed by atoms with Gasteiger partial charge in [0, 0.05) is 0 Å². The average molecular weight is 244 g/mol. The Labute approximate surface area is 106 Å². The second kappa shape index (κ2) is 5.86. The number of nitrogens with zero attached hydrogens (tertiary/aromatic N) is 2. The lowest BCUT2D eigenvalue weighted by Gasteiger charge is -2.04. The molecule has 0 unspecified atom stereocenters. The molecule has 5 nitrogen and oxygen atoms in total. The van der Waals surface area contributed by atoms with Crippen molar-refractivity contribution in [3.63, 3.8) is 0 Å². The van der Waals surface area contributed by atoms with E-state index in [9.17, 15) is 0 Å². The van der Waals surface area contributed by atoms with Gasteiger partial charge in [-0.25, -0.2) is 9.98 Å². The summed E-state index contributed by atoms with van der Waals surface area (Å²) < 4.78 is 5.09. The molecule has 2 aromatic rings. The quantitative estimate of drug-likeness (QED) is 0.632. The molecule has 0 spiro atoms. The zero-order valence-electron chi connectivity index (χ0n) is 10.3. The molecule has 18 heavy (non-hydrogen) atoms. The van der Waals surface area contributed by atoms with Crippen molar-refractivity contribution < 1.29 is 4.42 Å². The van der Waals surface area contributed by atoms with Crippen LogP contribution in [0.25, 0.3) is 0 Å². The Morgan fingerprint density at radius 2 is 2.17 bits per heavy atom. The first-order valence-corrected chi connectivity index (χ1v) is 5.72. The Morgan fingerprint density at radius 1 is 1.39 bits per heavy atom. The number of benzene rings is 1. The van der Waals surface area contributed by atoms with Gasteiger partial charge in [-0.15, -0.1) is 0 Å². The molecule has 0 saturated heterocycles. The molecule has 0 aliphatic rings. The zero-order valence-corrected chi connectivity index (χ0v) is 10.3. The molecule has 0 atom stereocenters. The number of nitrogens with one attached hydrogen (secondary N) is 1. The van der Waals surface area contributed by atoms with E-state index in [0.29, 0.717) is 19.0 Å². The summed E-state index contributed by atoms with van der Waals surface area (Å²) in [4.78, 5) is 8.31. The van der Waals surface area contributed by atoms with Crippen LogP contribution in [0.3, 0.4) is 0 Å². The highest BCUT2D eigenvalue weighted by atomic mass is 16.3. The standard InChI is InChI=1S/C13H16N4O/c1-10-12(17-9-18-10)8-16-13(14)15-7-11-5-3-2-4-6-11/h2-6,9H,7-8H2,1H3,(H3,14,15,16). The third kappa shape index (κ3) is 3.35. The Bertz CT molecular complexity index is 519. The van der Waals surface area contributed by atoms with Crippen molar-refractivity contribution in [1.29, 1.82) is 0 Å². The lowest BCUT2D eigenvalue weighted by atomic mass is 10.2. The fourth-order valence-electron chi connectivity index (χ4n) is 1.49. The highest BCUT2D eigenvalue weighted by Crippen LogP contribution is 2.03. The van der Waals surface area contributed by atoms with E-state index in [1.165, 1.54) is 6.39 Å². The second-order valence-electron chi connectivity index (χ2n) is 3.90. The maximum absolute atomic E-state index is 5.77. The SMILES string of the molecule is Cc1ocnc1CNC(N)=NCc1ccccc1. The van der Waals surface area contributed by atoms with E-state index >= 15 is 0 Å². The van der Waals surface area contributed by atoms with Crippen LogP contribution < -0.4 is 11.1 Å². The summed E-state index contributed by atoms with van der Waals surface area (Å²) in [7, 11) is 0. The van der Waals surface area contributed by atoms with Gasteiger partial charge in [-0.1, -0.05) is 30.3 Å². The molecule has 0 bridgehead atoms. The predicted molar refractivity (Wildman–Crippen MR) is 69.8 cm³/mol. The minimum absolute atomic E-state index is 0.404. The van der Waals surface area contributed by atoms with E-state index in [4.69, 9.17) is 10.2 Å². The number of oxazole rings is 1. The van der Waals surface area contributed by atoms with Gasteiger partial charge in [-0.05, 0) is 12.5 Å². The van der Waals surface area contributed by atoms with Gasteiger partial charge in [0.2, 0.25) is 0 Å². The normalized spacial score (nSPS) is 11.5. The van der Waals surface area contributed by atoms with Crippen LogP contribution in [0.4, 0.5) is 0 Å². The molecular weight excluding hydrogens is 228 g/mol. The number of nitrogens with two attached hydrogens (primary N) is 1. The largest absolute Gasteiger partial charge is 0.448 e. The van der Waals surface area contributed by atoms with Crippen molar-refractivity contribution in [2.45, 2.75) is 20.0 Å². The van der Waals surface area contributed by atoms with Crippen LogP contribution in [0.2, 0.25) is 0 Å². The van der Waals surface area contributed by atoms with Crippen LogP contribution in [0.5, 0.6) is 0 Å².